The second-order valence-corrected chi connectivity index (χ2v) is 4.27. The summed E-state index contributed by atoms with van der Waals surface area (Å²) in [5, 5.41) is 11.4. The van der Waals surface area contributed by atoms with Gasteiger partial charge in [0.05, 0.1) is 17.3 Å². The first-order valence-electron chi connectivity index (χ1n) is 5.06. The molecule has 2 aromatic rings. The van der Waals surface area contributed by atoms with Crippen LogP contribution in [0.15, 0.2) is 41.4 Å². The molecule has 0 bridgehead atoms. The third-order valence-corrected chi connectivity index (χ3v) is 2.97. The zero-order valence-electron chi connectivity index (χ0n) is 9.34. The molecule has 0 aliphatic carbocycles. The minimum Gasteiger partial charge on any atom is -0.378 e. The summed E-state index contributed by atoms with van der Waals surface area (Å²) >= 11 is 1.40. The van der Waals surface area contributed by atoms with Gasteiger partial charge in [-0.15, -0.1) is 0 Å². The average Bonchev–Trinajstić information content (AvgIpc) is 2.39. The van der Waals surface area contributed by atoms with Crippen LogP contribution in [0.3, 0.4) is 0 Å². The number of nitrogens with two attached hydrogens (primary N) is 1. The van der Waals surface area contributed by atoms with Crippen LogP contribution >= 0.6 is 11.8 Å². The lowest BCUT2D eigenvalue weighted by molar-refractivity contribution is 1.49. The van der Waals surface area contributed by atoms with Gasteiger partial charge in [-0.2, -0.15) is 5.26 Å². The predicted molar refractivity (Wildman–Crippen MR) is 73.5 cm³/mol. The van der Waals surface area contributed by atoms with Crippen molar-refractivity contribution < 1.29 is 0 Å². The SMILES string of the molecule is CSC(N)=Nc1ccc(C#N)c2ccccc12. The molecule has 2 rings (SSSR count). The minimum absolute atomic E-state index is 0.514. The zero-order valence-corrected chi connectivity index (χ0v) is 10.2. The molecule has 0 atom stereocenters. The summed E-state index contributed by atoms with van der Waals surface area (Å²) in [5.74, 6) is 0. The van der Waals surface area contributed by atoms with Crippen molar-refractivity contribution in [1.82, 2.24) is 0 Å². The predicted octanol–water partition coefficient (Wildman–Crippen LogP) is 3.02. The van der Waals surface area contributed by atoms with E-state index in [-0.39, 0.29) is 0 Å². The number of benzene rings is 2. The lowest BCUT2D eigenvalue weighted by Crippen LogP contribution is -2.04. The Bertz CT molecular complexity index is 626. The fraction of sp³-hybridized carbons (Fsp3) is 0.0769. The first-order chi connectivity index (χ1) is 8.26. The van der Waals surface area contributed by atoms with E-state index in [1.165, 1.54) is 11.8 Å². The van der Waals surface area contributed by atoms with Crippen molar-refractivity contribution in [3.63, 3.8) is 0 Å². The first kappa shape index (κ1) is 11.5. The van der Waals surface area contributed by atoms with E-state index in [1.807, 2.05) is 36.6 Å². The molecule has 17 heavy (non-hydrogen) atoms. The van der Waals surface area contributed by atoms with E-state index in [1.54, 1.807) is 6.07 Å². The summed E-state index contributed by atoms with van der Waals surface area (Å²) in [5.41, 5.74) is 7.17. The van der Waals surface area contributed by atoms with Crippen molar-refractivity contribution >= 4 is 33.4 Å². The number of fused-ring (bicyclic) bond motifs is 1. The Kier molecular flexibility index (Phi) is 3.31. The van der Waals surface area contributed by atoms with E-state index in [0.29, 0.717) is 10.7 Å². The molecule has 0 saturated heterocycles. The molecule has 2 aromatic carbocycles. The van der Waals surface area contributed by atoms with Crippen LogP contribution in [-0.2, 0) is 0 Å². The van der Waals surface area contributed by atoms with E-state index in [4.69, 9.17) is 11.0 Å². The Morgan fingerprint density at radius 1 is 1.24 bits per heavy atom. The number of rotatable bonds is 1. The Hall–Kier alpha value is -1.99. The van der Waals surface area contributed by atoms with Crippen molar-refractivity contribution in [1.29, 1.82) is 5.26 Å². The molecule has 0 unspecified atom stereocenters. The number of thioether (sulfide) groups is 1. The summed E-state index contributed by atoms with van der Waals surface area (Å²) in [7, 11) is 0. The minimum atomic E-state index is 0.514. The van der Waals surface area contributed by atoms with Gasteiger partial charge in [-0.05, 0) is 18.4 Å². The van der Waals surface area contributed by atoms with Gasteiger partial charge in [-0.3, -0.25) is 0 Å². The lowest BCUT2D eigenvalue weighted by Gasteiger charge is -2.04. The van der Waals surface area contributed by atoms with Gasteiger partial charge < -0.3 is 5.73 Å². The van der Waals surface area contributed by atoms with Crippen LogP contribution in [0.25, 0.3) is 10.8 Å². The molecule has 3 nitrogen and oxygen atoms in total. The topological polar surface area (TPSA) is 62.2 Å². The Morgan fingerprint density at radius 3 is 2.59 bits per heavy atom. The Morgan fingerprint density at radius 2 is 1.94 bits per heavy atom. The molecular weight excluding hydrogens is 230 g/mol. The zero-order chi connectivity index (χ0) is 12.3. The highest BCUT2D eigenvalue weighted by Crippen LogP contribution is 2.28. The molecule has 0 radical (unpaired) electrons. The monoisotopic (exact) mass is 241 g/mol. The maximum atomic E-state index is 9.04. The molecule has 4 heteroatoms. The molecule has 0 saturated carbocycles. The van der Waals surface area contributed by atoms with Gasteiger partial charge >= 0.3 is 0 Å². The van der Waals surface area contributed by atoms with Crippen LogP contribution in [0.4, 0.5) is 5.69 Å². The summed E-state index contributed by atoms with van der Waals surface area (Å²) < 4.78 is 0. The summed E-state index contributed by atoms with van der Waals surface area (Å²) in [6.45, 7) is 0. The fourth-order valence-electron chi connectivity index (χ4n) is 1.64. The second-order valence-electron chi connectivity index (χ2n) is 3.44. The molecule has 0 aromatic heterocycles. The lowest BCUT2D eigenvalue weighted by atomic mass is 10.0. The Labute approximate surface area is 104 Å². The average molecular weight is 241 g/mol. The highest BCUT2D eigenvalue weighted by molar-refractivity contribution is 8.13. The molecule has 2 N–H and O–H groups in total. The Balaban J connectivity index is 2.72. The van der Waals surface area contributed by atoms with E-state index < -0.39 is 0 Å². The quantitative estimate of drug-likeness (QED) is 0.616. The summed E-state index contributed by atoms with van der Waals surface area (Å²) in [6, 6.07) is 13.5. The number of nitrogens with zero attached hydrogens (tertiary/aromatic N) is 2. The van der Waals surface area contributed by atoms with Gasteiger partial charge in [0, 0.05) is 10.8 Å². The van der Waals surface area contributed by atoms with Crippen molar-refractivity contribution in [3.8, 4) is 6.07 Å². The van der Waals surface area contributed by atoms with Crippen LogP contribution in [0.1, 0.15) is 5.56 Å². The maximum absolute atomic E-state index is 9.04. The van der Waals surface area contributed by atoms with Crippen LogP contribution < -0.4 is 5.73 Å². The van der Waals surface area contributed by atoms with Gasteiger partial charge in [-0.1, -0.05) is 36.0 Å². The number of hydrogen-bond acceptors (Lipinski definition) is 3. The fourth-order valence-corrected chi connectivity index (χ4v) is 1.83. The van der Waals surface area contributed by atoms with Gasteiger partial charge in [0.1, 0.15) is 0 Å². The smallest absolute Gasteiger partial charge is 0.158 e. The largest absolute Gasteiger partial charge is 0.378 e. The van der Waals surface area contributed by atoms with E-state index in [2.05, 4.69) is 11.1 Å². The molecule has 0 heterocycles. The third kappa shape index (κ3) is 2.24. The molecule has 84 valence electrons. The third-order valence-electron chi connectivity index (χ3n) is 2.46. The van der Waals surface area contributed by atoms with Gasteiger partial charge in [0.25, 0.3) is 0 Å². The number of nitriles is 1. The molecule has 0 amide bonds. The van der Waals surface area contributed by atoms with Crippen LogP contribution in [-0.4, -0.2) is 11.4 Å². The molecular formula is C13H11N3S. The highest BCUT2D eigenvalue weighted by atomic mass is 32.2. The van der Waals surface area contributed by atoms with Crippen LogP contribution in [0, 0.1) is 11.3 Å². The number of aliphatic imine (C=N–C) groups is 1. The van der Waals surface area contributed by atoms with Crippen LogP contribution in [0.5, 0.6) is 0 Å². The summed E-state index contributed by atoms with van der Waals surface area (Å²) in [6.07, 6.45) is 1.88. The standard InChI is InChI=1S/C13H11N3S/c1-17-13(15)16-12-7-6-9(8-14)10-4-2-3-5-11(10)12/h2-7H,1H3,(H2,15,16). The second kappa shape index (κ2) is 4.89. The van der Waals surface area contributed by atoms with E-state index in [0.717, 1.165) is 16.5 Å². The van der Waals surface area contributed by atoms with Crippen LogP contribution in [0.2, 0.25) is 0 Å². The molecule has 0 aliphatic rings. The first-order valence-corrected chi connectivity index (χ1v) is 6.28. The van der Waals surface area contributed by atoms with E-state index in [9.17, 15) is 0 Å². The van der Waals surface area contributed by atoms with Gasteiger partial charge in [0.15, 0.2) is 5.17 Å². The number of hydrogen-bond donors (Lipinski definition) is 1. The van der Waals surface area contributed by atoms with E-state index >= 15 is 0 Å². The molecule has 0 spiro atoms. The van der Waals surface area contributed by atoms with Gasteiger partial charge in [-0.25, -0.2) is 4.99 Å². The summed E-state index contributed by atoms with van der Waals surface area (Å²) in [4.78, 5) is 4.33. The normalized spacial score (nSPS) is 11.4. The number of amidine groups is 1. The highest BCUT2D eigenvalue weighted by Gasteiger charge is 2.04. The molecule has 0 fully saturated rings. The van der Waals surface area contributed by atoms with Crippen molar-refractivity contribution in [2.75, 3.05) is 6.26 Å². The maximum Gasteiger partial charge on any atom is 0.158 e. The van der Waals surface area contributed by atoms with Crippen molar-refractivity contribution in [3.05, 3.63) is 42.0 Å². The van der Waals surface area contributed by atoms with Gasteiger partial charge in [0.2, 0.25) is 0 Å². The molecule has 0 aliphatic heterocycles. The van der Waals surface area contributed by atoms with Crippen molar-refractivity contribution in [2.45, 2.75) is 0 Å². The van der Waals surface area contributed by atoms with Crippen molar-refractivity contribution in [2.24, 2.45) is 10.7 Å².